The molecule has 6 nitrogen and oxygen atoms in total. The summed E-state index contributed by atoms with van der Waals surface area (Å²) in [7, 11) is 0. The van der Waals surface area contributed by atoms with Crippen molar-refractivity contribution in [2.24, 2.45) is 5.92 Å². The number of aliphatic carboxylic acids is 1. The minimum absolute atomic E-state index is 0.245. The standard InChI is InChI=1S/C14H16BrN3O3/c1-9(2)8-21-11-5-3-4-10(6-11)13-16-14(15)17-18(13)7-12(19)20/h3-6,9H,7-8H2,1-2H3,(H,19,20). The molecule has 0 amide bonds. The molecule has 0 bridgehead atoms. The van der Waals surface area contributed by atoms with Crippen LogP contribution in [0.5, 0.6) is 5.75 Å². The zero-order chi connectivity index (χ0) is 15.4. The van der Waals surface area contributed by atoms with Gasteiger partial charge in [-0.1, -0.05) is 26.0 Å². The molecule has 1 aromatic heterocycles. The van der Waals surface area contributed by atoms with Crippen LogP contribution in [0.25, 0.3) is 11.4 Å². The molecule has 0 saturated carbocycles. The topological polar surface area (TPSA) is 77.2 Å². The van der Waals surface area contributed by atoms with E-state index in [1.807, 2.05) is 24.3 Å². The van der Waals surface area contributed by atoms with Crippen LogP contribution in [-0.4, -0.2) is 32.4 Å². The number of carbonyl (C=O) groups is 1. The van der Waals surface area contributed by atoms with Crippen molar-refractivity contribution in [3.05, 3.63) is 29.0 Å². The molecule has 0 atom stereocenters. The summed E-state index contributed by atoms with van der Waals surface area (Å²) in [6.07, 6.45) is 0. The molecule has 7 heteroatoms. The Kier molecular flexibility index (Phi) is 4.95. The van der Waals surface area contributed by atoms with Gasteiger partial charge in [0.15, 0.2) is 5.82 Å². The fourth-order valence-corrected chi connectivity index (χ4v) is 2.11. The van der Waals surface area contributed by atoms with Crippen LogP contribution < -0.4 is 4.74 Å². The molecule has 2 aromatic rings. The number of carboxylic acid groups (broad SMARTS) is 1. The van der Waals surface area contributed by atoms with Crippen LogP contribution in [-0.2, 0) is 11.3 Å². The maximum Gasteiger partial charge on any atom is 0.325 e. The highest BCUT2D eigenvalue weighted by molar-refractivity contribution is 9.10. The van der Waals surface area contributed by atoms with E-state index in [0.29, 0.717) is 23.1 Å². The summed E-state index contributed by atoms with van der Waals surface area (Å²) >= 11 is 3.17. The van der Waals surface area contributed by atoms with Gasteiger partial charge in [0.25, 0.3) is 0 Å². The fourth-order valence-electron chi connectivity index (χ4n) is 1.75. The largest absolute Gasteiger partial charge is 0.493 e. The summed E-state index contributed by atoms with van der Waals surface area (Å²) < 4.78 is 7.37. The van der Waals surface area contributed by atoms with Crippen LogP contribution in [0.2, 0.25) is 0 Å². The Labute approximate surface area is 130 Å². The van der Waals surface area contributed by atoms with Crippen molar-refractivity contribution < 1.29 is 14.6 Å². The van der Waals surface area contributed by atoms with Crippen molar-refractivity contribution in [2.45, 2.75) is 20.4 Å². The van der Waals surface area contributed by atoms with Gasteiger partial charge in [-0.25, -0.2) is 9.67 Å². The van der Waals surface area contributed by atoms with Gasteiger partial charge in [0.1, 0.15) is 12.3 Å². The number of hydrogen-bond donors (Lipinski definition) is 1. The Morgan fingerprint density at radius 3 is 2.90 bits per heavy atom. The molecule has 0 spiro atoms. The second-order valence-corrected chi connectivity index (χ2v) is 5.70. The van der Waals surface area contributed by atoms with Crippen LogP contribution in [0.15, 0.2) is 29.0 Å². The highest BCUT2D eigenvalue weighted by Gasteiger charge is 2.13. The summed E-state index contributed by atoms with van der Waals surface area (Å²) in [5.41, 5.74) is 0.760. The number of nitrogens with zero attached hydrogens (tertiary/aromatic N) is 3. The molecule has 0 aliphatic rings. The maximum atomic E-state index is 10.9. The number of ether oxygens (including phenoxy) is 1. The molecule has 21 heavy (non-hydrogen) atoms. The third-order valence-corrected chi connectivity index (χ3v) is 2.94. The predicted molar refractivity (Wildman–Crippen MR) is 81.1 cm³/mol. The molecular formula is C14H16BrN3O3. The van der Waals surface area contributed by atoms with Gasteiger partial charge in [0, 0.05) is 5.56 Å². The first kappa shape index (κ1) is 15.5. The molecule has 1 N–H and O–H groups in total. The van der Waals surface area contributed by atoms with Crippen molar-refractivity contribution in [3.8, 4) is 17.1 Å². The molecule has 0 saturated heterocycles. The van der Waals surface area contributed by atoms with Crippen LogP contribution in [0.1, 0.15) is 13.8 Å². The second kappa shape index (κ2) is 6.71. The first-order valence-corrected chi connectivity index (χ1v) is 7.30. The molecule has 0 aliphatic heterocycles. The van der Waals surface area contributed by atoms with E-state index in [1.54, 1.807) is 0 Å². The molecule has 2 rings (SSSR count). The van der Waals surface area contributed by atoms with E-state index in [4.69, 9.17) is 9.84 Å². The van der Waals surface area contributed by atoms with E-state index >= 15 is 0 Å². The van der Waals surface area contributed by atoms with Gasteiger partial charge >= 0.3 is 5.97 Å². The molecule has 112 valence electrons. The van der Waals surface area contributed by atoms with Crippen LogP contribution in [0, 0.1) is 5.92 Å². The number of benzene rings is 1. The van der Waals surface area contributed by atoms with E-state index in [2.05, 4.69) is 39.9 Å². The SMILES string of the molecule is CC(C)COc1cccc(-c2nc(Br)nn2CC(=O)O)c1. The highest BCUT2D eigenvalue weighted by Crippen LogP contribution is 2.24. The molecule has 1 heterocycles. The van der Waals surface area contributed by atoms with E-state index in [1.165, 1.54) is 4.68 Å². The van der Waals surface area contributed by atoms with Crippen LogP contribution >= 0.6 is 15.9 Å². The van der Waals surface area contributed by atoms with Crippen molar-refractivity contribution >= 4 is 21.9 Å². The van der Waals surface area contributed by atoms with Gasteiger partial charge in [-0.05, 0) is 34.0 Å². The lowest BCUT2D eigenvalue weighted by atomic mass is 10.2. The third kappa shape index (κ3) is 4.29. The minimum Gasteiger partial charge on any atom is -0.493 e. The number of aromatic nitrogens is 3. The smallest absolute Gasteiger partial charge is 0.325 e. The normalized spacial score (nSPS) is 10.9. The fraction of sp³-hybridized carbons (Fsp3) is 0.357. The minimum atomic E-state index is -0.971. The first-order valence-electron chi connectivity index (χ1n) is 6.51. The number of hydrogen-bond acceptors (Lipinski definition) is 4. The summed E-state index contributed by atoms with van der Waals surface area (Å²) in [5, 5.41) is 13.0. The van der Waals surface area contributed by atoms with Gasteiger partial charge in [-0.2, -0.15) is 0 Å². The van der Waals surface area contributed by atoms with E-state index in [9.17, 15) is 4.79 Å². The molecule has 0 radical (unpaired) electrons. The number of rotatable bonds is 6. The van der Waals surface area contributed by atoms with Gasteiger partial charge in [0.2, 0.25) is 4.73 Å². The zero-order valence-corrected chi connectivity index (χ0v) is 13.4. The van der Waals surface area contributed by atoms with Crippen molar-refractivity contribution in [2.75, 3.05) is 6.61 Å². The van der Waals surface area contributed by atoms with Gasteiger partial charge in [-0.3, -0.25) is 4.79 Å². The van der Waals surface area contributed by atoms with Gasteiger partial charge in [-0.15, -0.1) is 5.10 Å². The van der Waals surface area contributed by atoms with Gasteiger partial charge in [0.05, 0.1) is 6.61 Å². The third-order valence-electron chi connectivity index (χ3n) is 2.61. The highest BCUT2D eigenvalue weighted by atomic mass is 79.9. The van der Waals surface area contributed by atoms with Crippen molar-refractivity contribution in [1.29, 1.82) is 0 Å². The van der Waals surface area contributed by atoms with Gasteiger partial charge < -0.3 is 9.84 Å². The lowest BCUT2D eigenvalue weighted by molar-refractivity contribution is -0.137. The lowest BCUT2D eigenvalue weighted by Crippen LogP contribution is -2.11. The zero-order valence-electron chi connectivity index (χ0n) is 11.8. The molecule has 1 aromatic carbocycles. The maximum absolute atomic E-state index is 10.9. The Bertz CT molecular complexity index is 640. The summed E-state index contributed by atoms with van der Waals surface area (Å²) in [6, 6.07) is 7.38. The van der Waals surface area contributed by atoms with E-state index < -0.39 is 5.97 Å². The summed E-state index contributed by atoms with van der Waals surface area (Å²) in [6.45, 7) is 4.52. The Balaban J connectivity index is 2.29. The van der Waals surface area contributed by atoms with Crippen molar-refractivity contribution in [1.82, 2.24) is 14.8 Å². The van der Waals surface area contributed by atoms with Crippen molar-refractivity contribution in [3.63, 3.8) is 0 Å². The molecule has 0 aliphatic carbocycles. The second-order valence-electron chi connectivity index (χ2n) is 4.99. The first-order chi connectivity index (χ1) is 9.95. The Morgan fingerprint density at radius 2 is 2.24 bits per heavy atom. The molecule has 0 fully saturated rings. The summed E-state index contributed by atoms with van der Waals surface area (Å²) in [4.78, 5) is 15.1. The lowest BCUT2D eigenvalue weighted by Gasteiger charge is -2.10. The molecular weight excluding hydrogens is 338 g/mol. The van der Waals surface area contributed by atoms with Crippen LogP contribution in [0.4, 0.5) is 0 Å². The predicted octanol–water partition coefficient (Wildman–Crippen LogP) is 2.83. The Hall–Kier alpha value is -1.89. The number of halogens is 1. The quantitative estimate of drug-likeness (QED) is 0.863. The number of carboxylic acids is 1. The average Bonchev–Trinajstić information content (AvgIpc) is 2.77. The van der Waals surface area contributed by atoms with Crippen LogP contribution in [0.3, 0.4) is 0 Å². The van der Waals surface area contributed by atoms with E-state index in [0.717, 1.165) is 11.3 Å². The van der Waals surface area contributed by atoms with E-state index in [-0.39, 0.29) is 6.54 Å². The summed E-state index contributed by atoms with van der Waals surface area (Å²) in [5.74, 6) is 0.667. The Morgan fingerprint density at radius 1 is 1.48 bits per heavy atom. The average molecular weight is 354 g/mol. The monoisotopic (exact) mass is 353 g/mol. The molecule has 0 unspecified atom stereocenters.